The van der Waals surface area contributed by atoms with Gasteiger partial charge in [0.1, 0.15) is 5.69 Å². The lowest BCUT2D eigenvalue weighted by molar-refractivity contribution is 0.598. The van der Waals surface area contributed by atoms with E-state index in [1.807, 2.05) is 50.4 Å². The molecule has 0 aliphatic carbocycles. The van der Waals surface area contributed by atoms with E-state index in [9.17, 15) is 8.42 Å². The van der Waals surface area contributed by atoms with E-state index >= 15 is 0 Å². The average Bonchev–Trinajstić information content (AvgIpc) is 2.92. The van der Waals surface area contributed by atoms with Crippen LogP contribution in [0.15, 0.2) is 59.5 Å². The standard InChI is InChI=1S/C19H18ClN3O2S/c1-3-12-23-13(2)18(14-4-8-16(20)9-5-14)19(22-23)15-6-10-17(11-7-15)26(21,24)25/h3-12H,1-2H3,(H2,21,24,25). The maximum Gasteiger partial charge on any atom is 0.238 e. The number of allylic oxidation sites excluding steroid dienone is 1. The fourth-order valence-electron chi connectivity index (χ4n) is 2.77. The summed E-state index contributed by atoms with van der Waals surface area (Å²) in [5, 5.41) is 10.5. The summed E-state index contributed by atoms with van der Waals surface area (Å²) in [6.07, 6.45) is 3.77. The lowest BCUT2D eigenvalue weighted by atomic mass is 9.99. The summed E-state index contributed by atoms with van der Waals surface area (Å²) in [5.41, 5.74) is 4.46. The van der Waals surface area contributed by atoms with Crippen molar-refractivity contribution in [1.29, 1.82) is 0 Å². The van der Waals surface area contributed by atoms with E-state index < -0.39 is 10.0 Å². The van der Waals surface area contributed by atoms with Gasteiger partial charge in [0.2, 0.25) is 10.0 Å². The molecule has 0 saturated heterocycles. The van der Waals surface area contributed by atoms with Crippen LogP contribution >= 0.6 is 11.6 Å². The van der Waals surface area contributed by atoms with Crippen LogP contribution in [0.4, 0.5) is 0 Å². The first-order valence-electron chi connectivity index (χ1n) is 7.92. The maximum absolute atomic E-state index is 11.5. The Morgan fingerprint density at radius 1 is 1.04 bits per heavy atom. The highest BCUT2D eigenvalue weighted by atomic mass is 35.5. The summed E-state index contributed by atoms with van der Waals surface area (Å²) in [7, 11) is -3.73. The number of benzene rings is 2. The topological polar surface area (TPSA) is 78.0 Å². The lowest BCUT2D eigenvalue weighted by Crippen LogP contribution is -2.11. The Morgan fingerprint density at radius 3 is 2.15 bits per heavy atom. The van der Waals surface area contributed by atoms with Crippen LogP contribution in [-0.2, 0) is 10.0 Å². The molecule has 3 aromatic rings. The Morgan fingerprint density at radius 2 is 1.62 bits per heavy atom. The van der Waals surface area contributed by atoms with Crippen LogP contribution in [0.2, 0.25) is 5.02 Å². The highest BCUT2D eigenvalue weighted by Gasteiger charge is 2.18. The molecule has 5 nitrogen and oxygen atoms in total. The molecule has 0 unspecified atom stereocenters. The molecule has 0 radical (unpaired) electrons. The van der Waals surface area contributed by atoms with Crippen molar-refractivity contribution in [2.75, 3.05) is 0 Å². The molecule has 0 aliphatic heterocycles. The summed E-state index contributed by atoms with van der Waals surface area (Å²) >= 11 is 6.01. The summed E-state index contributed by atoms with van der Waals surface area (Å²) in [6, 6.07) is 13.9. The largest absolute Gasteiger partial charge is 0.244 e. The van der Waals surface area contributed by atoms with E-state index in [4.69, 9.17) is 16.7 Å². The van der Waals surface area contributed by atoms with Crippen molar-refractivity contribution >= 4 is 27.8 Å². The molecule has 0 aliphatic rings. The van der Waals surface area contributed by atoms with Crippen molar-refractivity contribution in [2.24, 2.45) is 5.14 Å². The molecule has 1 heterocycles. The van der Waals surface area contributed by atoms with Crippen LogP contribution < -0.4 is 5.14 Å². The van der Waals surface area contributed by atoms with Gasteiger partial charge in [-0.1, -0.05) is 41.9 Å². The van der Waals surface area contributed by atoms with Gasteiger partial charge in [0.25, 0.3) is 0 Å². The number of primary sulfonamides is 1. The van der Waals surface area contributed by atoms with Gasteiger partial charge in [-0.3, -0.25) is 0 Å². The van der Waals surface area contributed by atoms with Crippen LogP contribution in [0.1, 0.15) is 12.6 Å². The fraction of sp³-hybridized carbons (Fsp3) is 0.105. The van der Waals surface area contributed by atoms with E-state index in [2.05, 4.69) is 5.10 Å². The number of aromatic nitrogens is 2. The smallest absolute Gasteiger partial charge is 0.238 e. The quantitative estimate of drug-likeness (QED) is 0.724. The van der Waals surface area contributed by atoms with Gasteiger partial charge in [-0.15, -0.1) is 0 Å². The van der Waals surface area contributed by atoms with Gasteiger partial charge < -0.3 is 0 Å². The fourth-order valence-corrected chi connectivity index (χ4v) is 3.41. The second-order valence-corrected chi connectivity index (χ2v) is 7.81. The van der Waals surface area contributed by atoms with Crippen molar-refractivity contribution in [1.82, 2.24) is 9.78 Å². The minimum atomic E-state index is -3.73. The predicted octanol–water partition coefficient (Wildman–Crippen LogP) is 4.32. The Labute approximate surface area is 157 Å². The van der Waals surface area contributed by atoms with E-state index in [1.54, 1.807) is 16.8 Å². The average molecular weight is 388 g/mol. The minimum Gasteiger partial charge on any atom is -0.244 e. The maximum atomic E-state index is 11.5. The second-order valence-electron chi connectivity index (χ2n) is 5.81. The van der Waals surface area contributed by atoms with E-state index in [0.29, 0.717) is 5.02 Å². The van der Waals surface area contributed by atoms with Gasteiger partial charge >= 0.3 is 0 Å². The molecule has 0 bridgehead atoms. The van der Waals surface area contributed by atoms with Crippen molar-refractivity contribution in [3.05, 3.63) is 65.3 Å². The molecule has 3 rings (SSSR count). The van der Waals surface area contributed by atoms with E-state index in [0.717, 1.165) is 28.1 Å². The molecule has 134 valence electrons. The first kappa shape index (κ1) is 18.4. The molecule has 0 atom stereocenters. The molecule has 1 aromatic heterocycles. The van der Waals surface area contributed by atoms with Gasteiger partial charge in [-0.05, 0) is 43.7 Å². The third kappa shape index (κ3) is 3.58. The predicted molar refractivity (Wildman–Crippen MR) is 105 cm³/mol. The first-order valence-corrected chi connectivity index (χ1v) is 9.85. The van der Waals surface area contributed by atoms with E-state index in [1.165, 1.54) is 12.1 Å². The molecular formula is C19H18ClN3O2S. The Balaban J connectivity index is 2.20. The molecule has 2 N–H and O–H groups in total. The summed E-state index contributed by atoms with van der Waals surface area (Å²) in [4.78, 5) is 0.0684. The van der Waals surface area contributed by atoms with Crippen molar-refractivity contribution in [3.8, 4) is 22.4 Å². The van der Waals surface area contributed by atoms with Gasteiger partial charge in [0, 0.05) is 28.0 Å². The van der Waals surface area contributed by atoms with Gasteiger partial charge in [0.15, 0.2) is 0 Å². The number of sulfonamides is 1. The van der Waals surface area contributed by atoms with Gasteiger partial charge in [0.05, 0.1) is 4.90 Å². The molecule has 26 heavy (non-hydrogen) atoms. The van der Waals surface area contributed by atoms with Crippen molar-refractivity contribution in [3.63, 3.8) is 0 Å². The molecule has 0 spiro atoms. The van der Waals surface area contributed by atoms with Crippen LogP contribution in [0.3, 0.4) is 0 Å². The third-order valence-corrected chi connectivity index (χ3v) is 5.21. The SMILES string of the molecule is CC=Cn1nc(-c2ccc(S(N)(=O)=O)cc2)c(-c2ccc(Cl)cc2)c1C. The minimum absolute atomic E-state index is 0.0684. The second kappa shape index (κ2) is 7.07. The van der Waals surface area contributed by atoms with Crippen LogP contribution in [0.5, 0.6) is 0 Å². The first-order chi connectivity index (χ1) is 12.3. The molecule has 0 saturated carbocycles. The van der Waals surface area contributed by atoms with Crippen molar-refractivity contribution in [2.45, 2.75) is 18.7 Å². The summed E-state index contributed by atoms with van der Waals surface area (Å²) in [6.45, 7) is 3.91. The molecule has 7 heteroatoms. The Kier molecular flexibility index (Phi) is 5.00. The van der Waals surface area contributed by atoms with Gasteiger partial charge in [-0.25, -0.2) is 18.2 Å². The summed E-state index contributed by atoms with van der Waals surface area (Å²) in [5.74, 6) is 0. The zero-order valence-electron chi connectivity index (χ0n) is 14.3. The van der Waals surface area contributed by atoms with E-state index in [-0.39, 0.29) is 4.90 Å². The van der Waals surface area contributed by atoms with Crippen LogP contribution in [0, 0.1) is 6.92 Å². The van der Waals surface area contributed by atoms with Crippen LogP contribution in [0.25, 0.3) is 28.6 Å². The monoisotopic (exact) mass is 387 g/mol. The number of halogens is 1. The van der Waals surface area contributed by atoms with Crippen molar-refractivity contribution < 1.29 is 8.42 Å². The van der Waals surface area contributed by atoms with Gasteiger partial charge in [-0.2, -0.15) is 5.10 Å². The number of nitrogens with zero attached hydrogens (tertiary/aromatic N) is 2. The zero-order valence-corrected chi connectivity index (χ0v) is 15.9. The Hall–Kier alpha value is -2.41. The normalized spacial score (nSPS) is 12.0. The number of rotatable bonds is 4. The molecule has 2 aromatic carbocycles. The number of hydrogen-bond donors (Lipinski definition) is 1. The van der Waals surface area contributed by atoms with Crippen LogP contribution in [-0.4, -0.2) is 18.2 Å². The molecule has 0 fully saturated rings. The highest BCUT2D eigenvalue weighted by molar-refractivity contribution is 7.89. The lowest BCUT2D eigenvalue weighted by Gasteiger charge is -2.06. The molecular weight excluding hydrogens is 370 g/mol. The number of nitrogens with two attached hydrogens (primary N) is 1. The summed E-state index contributed by atoms with van der Waals surface area (Å²) < 4.78 is 24.8. The number of hydrogen-bond acceptors (Lipinski definition) is 3. The zero-order chi connectivity index (χ0) is 18.9. The molecule has 0 amide bonds. The highest BCUT2D eigenvalue weighted by Crippen LogP contribution is 2.35. The third-order valence-electron chi connectivity index (χ3n) is 4.03. The Bertz CT molecular complexity index is 1070.